The van der Waals surface area contributed by atoms with Gasteiger partial charge in [0.2, 0.25) is 5.95 Å². The van der Waals surface area contributed by atoms with Crippen LogP contribution in [0.1, 0.15) is 70.7 Å². The van der Waals surface area contributed by atoms with Gasteiger partial charge in [-0.1, -0.05) is 0 Å². The lowest BCUT2D eigenvalue weighted by atomic mass is 9.79. The Bertz CT molecular complexity index is 1180. The van der Waals surface area contributed by atoms with E-state index in [2.05, 4.69) is 22.5 Å². The summed E-state index contributed by atoms with van der Waals surface area (Å²) in [5.41, 5.74) is 3.16. The third-order valence-corrected chi connectivity index (χ3v) is 8.48. The van der Waals surface area contributed by atoms with Crippen LogP contribution in [0.15, 0.2) is 12.3 Å². The van der Waals surface area contributed by atoms with Crippen molar-refractivity contribution < 1.29 is 5.11 Å². The number of aryl methyl sites for hydroxylation is 2. The topological polar surface area (TPSA) is 95.9 Å². The summed E-state index contributed by atoms with van der Waals surface area (Å²) in [5, 5.41) is 18.7. The molecule has 3 N–H and O–H groups in total. The van der Waals surface area contributed by atoms with Crippen LogP contribution >= 0.6 is 11.3 Å². The van der Waals surface area contributed by atoms with Crippen molar-refractivity contribution in [1.82, 2.24) is 19.9 Å². The minimum Gasteiger partial charge on any atom is -0.390 e. The maximum absolute atomic E-state index is 10.5. The van der Waals surface area contributed by atoms with Crippen LogP contribution in [0.4, 0.5) is 11.8 Å². The van der Waals surface area contributed by atoms with Crippen LogP contribution in [0.25, 0.3) is 20.8 Å². The molecule has 7 nitrogen and oxygen atoms in total. The highest BCUT2D eigenvalue weighted by atomic mass is 32.1. The number of nitrogens with one attached hydrogen (secondary N) is 2. The highest BCUT2D eigenvalue weighted by Crippen LogP contribution is 2.41. The fraction of sp³-hybridized carbons (Fsp3) is 0.600. The Balaban J connectivity index is 1.53. The van der Waals surface area contributed by atoms with Gasteiger partial charge in [-0.25, -0.2) is 9.97 Å². The van der Waals surface area contributed by atoms with Crippen LogP contribution in [-0.2, 0) is 0 Å². The van der Waals surface area contributed by atoms with Gasteiger partial charge < -0.3 is 15.7 Å². The second kappa shape index (κ2) is 8.17. The summed E-state index contributed by atoms with van der Waals surface area (Å²) in [7, 11) is 0. The molecule has 2 saturated carbocycles. The first-order chi connectivity index (χ1) is 15.6. The molecule has 33 heavy (non-hydrogen) atoms. The molecule has 176 valence electrons. The van der Waals surface area contributed by atoms with E-state index in [4.69, 9.17) is 15.0 Å². The van der Waals surface area contributed by atoms with Gasteiger partial charge in [0.05, 0.1) is 27.3 Å². The zero-order valence-corrected chi connectivity index (χ0v) is 21.0. The standard InChI is InChI=1S/C25H34N6OS/c1-14-19(22-29-20-15(2)26-12-9-18(20)33-22)21(28-17-8-7-16(13-17)24(3,4)32)30-23(27-14)31-25(5)10-6-11-25/h9,12,16-17,32H,6-8,10-11,13H2,1-5H3,(H2,27,28,30,31). The van der Waals surface area contributed by atoms with E-state index in [1.165, 1.54) is 6.42 Å². The lowest BCUT2D eigenvalue weighted by Gasteiger charge is -2.39. The number of rotatable bonds is 6. The van der Waals surface area contributed by atoms with Gasteiger partial charge in [-0.15, -0.1) is 11.3 Å². The monoisotopic (exact) mass is 466 g/mol. The lowest BCUT2D eigenvalue weighted by Crippen LogP contribution is -2.42. The molecular weight excluding hydrogens is 432 g/mol. The third-order valence-electron chi connectivity index (χ3n) is 7.44. The molecule has 3 heterocycles. The Labute approximate surface area is 199 Å². The highest BCUT2D eigenvalue weighted by Gasteiger charge is 2.36. The minimum atomic E-state index is -0.663. The van der Waals surface area contributed by atoms with Gasteiger partial charge in [0.1, 0.15) is 16.3 Å². The van der Waals surface area contributed by atoms with Gasteiger partial charge in [0, 0.05) is 17.8 Å². The van der Waals surface area contributed by atoms with Crippen molar-refractivity contribution >= 4 is 33.3 Å². The molecular formula is C25H34N6OS. The number of anilines is 2. The molecule has 8 heteroatoms. The summed E-state index contributed by atoms with van der Waals surface area (Å²) in [5.74, 6) is 1.79. The van der Waals surface area contributed by atoms with Gasteiger partial charge >= 0.3 is 0 Å². The van der Waals surface area contributed by atoms with E-state index in [1.807, 2.05) is 40.0 Å². The second-order valence-electron chi connectivity index (χ2n) is 10.7. The summed E-state index contributed by atoms with van der Waals surface area (Å²) >= 11 is 1.66. The SMILES string of the molecule is Cc1nc(NC2(C)CCC2)nc(NC2CCC(C(C)(C)O)C2)c1-c1nc2c(C)nccc2s1. The summed E-state index contributed by atoms with van der Waals surface area (Å²) in [6.45, 7) is 10.1. The van der Waals surface area contributed by atoms with E-state index in [0.717, 1.165) is 70.1 Å². The van der Waals surface area contributed by atoms with Gasteiger partial charge in [-0.3, -0.25) is 4.98 Å². The molecule has 0 radical (unpaired) electrons. The maximum atomic E-state index is 10.5. The van der Waals surface area contributed by atoms with E-state index in [9.17, 15) is 5.11 Å². The minimum absolute atomic E-state index is 0.0727. The van der Waals surface area contributed by atoms with Crippen LogP contribution in [0.5, 0.6) is 0 Å². The lowest BCUT2D eigenvalue weighted by molar-refractivity contribution is 0.0197. The predicted molar refractivity (Wildman–Crippen MR) is 135 cm³/mol. The third kappa shape index (κ3) is 4.43. The van der Waals surface area contributed by atoms with Crippen LogP contribution in [0, 0.1) is 19.8 Å². The Kier molecular flexibility index (Phi) is 5.56. The van der Waals surface area contributed by atoms with Crippen molar-refractivity contribution in [3.05, 3.63) is 23.7 Å². The van der Waals surface area contributed by atoms with Crippen molar-refractivity contribution in [2.24, 2.45) is 5.92 Å². The second-order valence-corrected chi connectivity index (χ2v) is 11.7. The number of fused-ring (bicyclic) bond motifs is 1. The van der Waals surface area contributed by atoms with Gasteiger partial charge in [-0.05, 0) is 85.1 Å². The molecule has 2 atom stereocenters. The number of hydrogen-bond donors (Lipinski definition) is 3. The van der Waals surface area contributed by atoms with Gasteiger partial charge in [0.25, 0.3) is 0 Å². The van der Waals surface area contributed by atoms with E-state index in [-0.39, 0.29) is 17.5 Å². The number of aliphatic hydroxyl groups is 1. The molecule has 0 spiro atoms. The first-order valence-electron chi connectivity index (χ1n) is 12.0. The van der Waals surface area contributed by atoms with E-state index in [0.29, 0.717) is 5.95 Å². The molecule has 2 aliphatic carbocycles. The number of nitrogens with zero attached hydrogens (tertiary/aromatic N) is 4. The molecule has 0 aromatic carbocycles. The molecule has 0 amide bonds. The molecule has 2 aliphatic rings. The van der Waals surface area contributed by atoms with Crippen LogP contribution < -0.4 is 10.6 Å². The van der Waals surface area contributed by atoms with Gasteiger partial charge in [0.15, 0.2) is 0 Å². The average molecular weight is 467 g/mol. The zero-order chi connectivity index (χ0) is 23.4. The molecule has 3 aromatic rings. The van der Waals surface area contributed by atoms with Crippen molar-refractivity contribution in [1.29, 1.82) is 0 Å². The molecule has 5 rings (SSSR count). The number of pyridine rings is 1. The molecule has 2 fully saturated rings. The summed E-state index contributed by atoms with van der Waals surface area (Å²) in [6, 6.07) is 2.28. The predicted octanol–water partition coefficient (Wildman–Crippen LogP) is 5.47. The van der Waals surface area contributed by atoms with Crippen molar-refractivity contribution in [3.8, 4) is 10.6 Å². The van der Waals surface area contributed by atoms with Crippen molar-refractivity contribution in [2.75, 3.05) is 10.6 Å². The molecule has 0 saturated heterocycles. The van der Waals surface area contributed by atoms with E-state index in [1.54, 1.807) is 11.3 Å². The summed E-state index contributed by atoms with van der Waals surface area (Å²) in [4.78, 5) is 19.2. The largest absolute Gasteiger partial charge is 0.390 e. The first-order valence-corrected chi connectivity index (χ1v) is 12.8. The number of thiazole rings is 1. The van der Waals surface area contributed by atoms with Crippen LogP contribution in [0.3, 0.4) is 0 Å². The van der Waals surface area contributed by atoms with Gasteiger partial charge in [-0.2, -0.15) is 4.98 Å². The molecule has 0 aliphatic heterocycles. The smallest absolute Gasteiger partial charge is 0.225 e. The molecule has 2 unspecified atom stereocenters. The Morgan fingerprint density at radius 3 is 2.55 bits per heavy atom. The summed E-state index contributed by atoms with van der Waals surface area (Å²) in [6.07, 6.45) is 8.31. The maximum Gasteiger partial charge on any atom is 0.225 e. The Hall–Kier alpha value is -2.32. The number of hydrogen-bond acceptors (Lipinski definition) is 8. The quantitative estimate of drug-likeness (QED) is 0.443. The van der Waals surface area contributed by atoms with Crippen LogP contribution in [-0.4, -0.2) is 42.2 Å². The highest BCUT2D eigenvalue weighted by molar-refractivity contribution is 7.21. The van der Waals surface area contributed by atoms with Crippen molar-refractivity contribution in [3.63, 3.8) is 0 Å². The van der Waals surface area contributed by atoms with E-state index < -0.39 is 5.60 Å². The fourth-order valence-electron chi connectivity index (χ4n) is 5.13. The first kappa shape index (κ1) is 22.5. The van der Waals surface area contributed by atoms with Crippen molar-refractivity contribution in [2.45, 2.75) is 90.3 Å². The Morgan fingerprint density at radius 2 is 1.91 bits per heavy atom. The molecule has 3 aromatic heterocycles. The molecule has 0 bridgehead atoms. The zero-order valence-electron chi connectivity index (χ0n) is 20.2. The Morgan fingerprint density at radius 1 is 1.12 bits per heavy atom. The average Bonchev–Trinajstić information content (AvgIpc) is 3.34. The van der Waals surface area contributed by atoms with E-state index >= 15 is 0 Å². The number of aromatic nitrogens is 4. The summed E-state index contributed by atoms with van der Waals surface area (Å²) < 4.78 is 1.12. The van der Waals surface area contributed by atoms with Crippen LogP contribution in [0.2, 0.25) is 0 Å². The normalized spacial score (nSPS) is 22.4. The fourth-order valence-corrected chi connectivity index (χ4v) is 6.24.